The van der Waals surface area contributed by atoms with Crippen LogP contribution < -0.4 is 5.32 Å². The molecule has 2 fully saturated rings. The highest BCUT2D eigenvalue weighted by molar-refractivity contribution is 4.89. The number of rotatable bonds is 4. The first kappa shape index (κ1) is 15.3. The third kappa shape index (κ3) is 3.72. The highest BCUT2D eigenvalue weighted by Crippen LogP contribution is 2.35. The first-order valence-corrected chi connectivity index (χ1v) is 8.52. The summed E-state index contributed by atoms with van der Waals surface area (Å²) in [7, 11) is 4.53. The third-order valence-corrected chi connectivity index (χ3v) is 5.84. The molecule has 2 unspecified atom stereocenters. The van der Waals surface area contributed by atoms with Gasteiger partial charge in [0.15, 0.2) is 0 Å². The van der Waals surface area contributed by atoms with Gasteiger partial charge in [-0.3, -0.25) is 0 Å². The maximum absolute atomic E-state index is 3.45. The minimum atomic E-state index is 0.775. The molecule has 0 spiro atoms. The van der Waals surface area contributed by atoms with E-state index in [0.717, 1.165) is 30.0 Å². The zero-order valence-corrected chi connectivity index (χ0v) is 13.5. The lowest BCUT2D eigenvalue weighted by Crippen LogP contribution is -2.49. The zero-order valence-electron chi connectivity index (χ0n) is 13.5. The number of nitrogens with zero attached hydrogens (tertiary/aromatic N) is 1. The van der Waals surface area contributed by atoms with E-state index in [2.05, 4.69) is 38.2 Å². The van der Waals surface area contributed by atoms with Crippen molar-refractivity contribution in [3.8, 4) is 0 Å². The number of hydrogen-bond donors (Lipinski definition) is 1. The Bertz CT molecular complexity index is 256. The molecule has 0 aromatic heterocycles. The molecule has 0 heterocycles. The second-order valence-corrected chi connectivity index (χ2v) is 7.22. The van der Waals surface area contributed by atoms with E-state index in [-0.39, 0.29) is 0 Å². The van der Waals surface area contributed by atoms with Gasteiger partial charge >= 0.3 is 0 Å². The van der Waals surface area contributed by atoms with Gasteiger partial charge in [0.25, 0.3) is 0 Å². The number of hydrogen-bond acceptors (Lipinski definition) is 2. The predicted octanol–water partition coefficient (Wildman–Crippen LogP) is 3.66. The summed E-state index contributed by atoms with van der Waals surface area (Å²) in [5.41, 5.74) is 0. The second-order valence-electron chi connectivity index (χ2n) is 7.22. The zero-order chi connectivity index (χ0) is 13.8. The minimum Gasteiger partial charge on any atom is -0.317 e. The van der Waals surface area contributed by atoms with Gasteiger partial charge in [-0.1, -0.05) is 26.7 Å². The highest BCUT2D eigenvalue weighted by atomic mass is 15.2. The average molecular weight is 266 g/mol. The fourth-order valence-corrected chi connectivity index (χ4v) is 4.47. The molecule has 2 rings (SSSR count). The van der Waals surface area contributed by atoms with Crippen molar-refractivity contribution in [2.45, 2.75) is 83.3 Å². The van der Waals surface area contributed by atoms with Crippen LogP contribution in [-0.2, 0) is 0 Å². The summed E-state index contributed by atoms with van der Waals surface area (Å²) in [5, 5.41) is 3.45. The van der Waals surface area contributed by atoms with Crippen molar-refractivity contribution in [1.82, 2.24) is 10.2 Å². The fraction of sp³-hybridized carbons (Fsp3) is 1.00. The fourth-order valence-electron chi connectivity index (χ4n) is 4.47. The van der Waals surface area contributed by atoms with Gasteiger partial charge in [-0.25, -0.2) is 0 Å². The van der Waals surface area contributed by atoms with E-state index in [9.17, 15) is 0 Å². The van der Waals surface area contributed by atoms with Crippen LogP contribution >= 0.6 is 0 Å². The average Bonchev–Trinajstić information content (AvgIpc) is 2.46. The molecule has 0 aromatic rings. The van der Waals surface area contributed by atoms with Crippen LogP contribution in [0.5, 0.6) is 0 Å². The smallest absolute Gasteiger partial charge is 0.0126 e. The molecule has 2 heteroatoms. The summed E-state index contributed by atoms with van der Waals surface area (Å²) in [6.45, 7) is 4.85. The van der Waals surface area contributed by atoms with Crippen LogP contribution in [0.4, 0.5) is 0 Å². The summed E-state index contributed by atoms with van der Waals surface area (Å²) in [5.74, 6) is 1.78. The van der Waals surface area contributed by atoms with E-state index in [1.54, 1.807) is 0 Å². The summed E-state index contributed by atoms with van der Waals surface area (Å²) >= 11 is 0. The third-order valence-electron chi connectivity index (χ3n) is 5.84. The van der Waals surface area contributed by atoms with Crippen LogP contribution in [-0.4, -0.2) is 37.1 Å². The van der Waals surface area contributed by atoms with Gasteiger partial charge in [0, 0.05) is 18.1 Å². The van der Waals surface area contributed by atoms with Crippen molar-refractivity contribution >= 4 is 0 Å². The monoisotopic (exact) mass is 266 g/mol. The molecule has 2 atom stereocenters. The quantitative estimate of drug-likeness (QED) is 0.835. The van der Waals surface area contributed by atoms with Crippen LogP contribution in [0.2, 0.25) is 0 Å². The van der Waals surface area contributed by atoms with Crippen molar-refractivity contribution < 1.29 is 0 Å². The van der Waals surface area contributed by atoms with Gasteiger partial charge < -0.3 is 10.2 Å². The SMILES string of the molecule is CNC1CCC(N(C)C2CCCCC2C(C)C)CC1. The van der Waals surface area contributed by atoms with E-state index in [0.29, 0.717) is 0 Å². The van der Waals surface area contributed by atoms with Crippen LogP contribution in [0.1, 0.15) is 65.2 Å². The van der Waals surface area contributed by atoms with E-state index in [1.165, 1.54) is 51.4 Å². The molecule has 19 heavy (non-hydrogen) atoms. The first-order valence-electron chi connectivity index (χ1n) is 8.52. The van der Waals surface area contributed by atoms with Gasteiger partial charge in [-0.2, -0.15) is 0 Å². The maximum atomic E-state index is 3.45. The summed E-state index contributed by atoms with van der Waals surface area (Å²) in [6, 6.07) is 2.47. The van der Waals surface area contributed by atoms with Crippen molar-refractivity contribution in [2.75, 3.05) is 14.1 Å². The molecule has 0 amide bonds. The molecule has 1 N–H and O–H groups in total. The lowest BCUT2D eigenvalue weighted by atomic mass is 9.76. The molecule has 2 nitrogen and oxygen atoms in total. The lowest BCUT2D eigenvalue weighted by Gasteiger charge is -2.45. The summed E-state index contributed by atoms with van der Waals surface area (Å²) in [6.07, 6.45) is 11.3. The Hall–Kier alpha value is -0.0800. The molecule has 0 radical (unpaired) electrons. The van der Waals surface area contributed by atoms with Crippen LogP contribution in [0.3, 0.4) is 0 Å². The Balaban J connectivity index is 1.92. The summed E-state index contributed by atoms with van der Waals surface area (Å²) < 4.78 is 0. The Morgan fingerprint density at radius 1 is 0.947 bits per heavy atom. The largest absolute Gasteiger partial charge is 0.317 e. The van der Waals surface area contributed by atoms with Crippen LogP contribution in [0, 0.1) is 11.8 Å². The van der Waals surface area contributed by atoms with E-state index >= 15 is 0 Å². The molecular weight excluding hydrogens is 232 g/mol. The Kier molecular flexibility index (Phi) is 5.70. The Morgan fingerprint density at radius 3 is 2.16 bits per heavy atom. The first-order chi connectivity index (χ1) is 9.13. The molecule has 0 saturated heterocycles. The molecule has 2 aliphatic carbocycles. The van der Waals surface area contributed by atoms with Gasteiger partial charge in [0.05, 0.1) is 0 Å². The van der Waals surface area contributed by atoms with Gasteiger partial charge in [-0.05, 0) is 64.5 Å². The predicted molar refractivity (Wildman–Crippen MR) is 83.5 cm³/mol. The summed E-state index contributed by atoms with van der Waals surface area (Å²) in [4.78, 5) is 2.77. The van der Waals surface area contributed by atoms with E-state index in [1.807, 2.05) is 0 Å². The Morgan fingerprint density at radius 2 is 1.58 bits per heavy atom. The normalized spacial score (nSPS) is 36.9. The van der Waals surface area contributed by atoms with Crippen molar-refractivity contribution in [3.63, 3.8) is 0 Å². The molecule has 112 valence electrons. The molecular formula is C17H34N2. The van der Waals surface area contributed by atoms with Gasteiger partial charge in [0.1, 0.15) is 0 Å². The van der Waals surface area contributed by atoms with Crippen LogP contribution in [0.15, 0.2) is 0 Å². The minimum absolute atomic E-state index is 0.775. The maximum Gasteiger partial charge on any atom is 0.0126 e. The number of nitrogens with one attached hydrogen (secondary N) is 1. The van der Waals surface area contributed by atoms with Gasteiger partial charge in [-0.15, -0.1) is 0 Å². The van der Waals surface area contributed by atoms with E-state index in [4.69, 9.17) is 0 Å². The van der Waals surface area contributed by atoms with E-state index < -0.39 is 0 Å². The molecule has 2 aliphatic rings. The molecule has 0 aromatic carbocycles. The molecule has 0 bridgehead atoms. The van der Waals surface area contributed by atoms with Crippen molar-refractivity contribution in [2.24, 2.45) is 11.8 Å². The standard InChI is InChI=1S/C17H34N2/c1-13(2)16-7-5-6-8-17(16)19(4)15-11-9-14(18-3)10-12-15/h13-18H,5-12H2,1-4H3. The van der Waals surface area contributed by atoms with Crippen LogP contribution in [0.25, 0.3) is 0 Å². The Labute approximate surface area is 120 Å². The molecule has 0 aliphatic heterocycles. The molecule has 2 saturated carbocycles. The highest BCUT2D eigenvalue weighted by Gasteiger charge is 2.34. The topological polar surface area (TPSA) is 15.3 Å². The van der Waals surface area contributed by atoms with Crippen molar-refractivity contribution in [1.29, 1.82) is 0 Å². The lowest BCUT2D eigenvalue weighted by molar-refractivity contribution is 0.0487. The van der Waals surface area contributed by atoms with Gasteiger partial charge in [0.2, 0.25) is 0 Å². The van der Waals surface area contributed by atoms with Crippen molar-refractivity contribution in [3.05, 3.63) is 0 Å². The second kappa shape index (κ2) is 7.08.